The Morgan fingerprint density at radius 2 is 2.03 bits per heavy atom. The third kappa shape index (κ3) is 4.49. The van der Waals surface area contributed by atoms with Gasteiger partial charge in [-0.1, -0.05) is 72.8 Å². The molecule has 0 aliphatic carbocycles. The molecule has 0 saturated carbocycles. The number of benzene rings is 2. The zero-order valence-corrected chi connectivity index (χ0v) is 20.4. The van der Waals surface area contributed by atoms with E-state index >= 15 is 0 Å². The molecular weight excluding hydrogens is 472 g/mol. The molecule has 1 aliphatic heterocycles. The fraction of sp³-hybridized carbons (Fsp3) is 0.192. The highest BCUT2D eigenvalue weighted by atomic mass is 35.5. The number of fused-ring (bicyclic) bond motifs is 1. The smallest absolute Gasteiger partial charge is 0.338 e. The van der Waals surface area contributed by atoms with Gasteiger partial charge in [0.15, 0.2) is 4.80 Å². The van der Waals surface area contributed by atoms with Crippen molar-refractivity contribution in [1.82, 2.24) is 4.57 Å². The van der Waals surface area contributed by atoms with Crippen LogP contribution in [0.4, 0.5) is 0 Å². The average molecular weight is 495 g/mol. The summed E-state index contributed by atoms with van der Waals surface area (Å²) < 4.78 is 12.8. The van der Waals surface area contributed by atoms with E-state index in [1.165, 1.54) is 18.4 Å². The highest BCUT2D eigenvalue weighted by molar-refractivity contribution is 7.07. The number of aromatic nitrogens is 1. The van der Waals surface area contributed by atoms with E-state index in [0.717, 1.165) is 5.56 Å². The number of nitrogens with zero attached hydrogens (tertiary/aromatic N) is 2. The van der Waals surface area contributed by atoms with Crippen molar-refractivity contribution in [2.45, 2.75) is 19.4 Å². The number of hydrogen-bond acceptors (Lipinski definition) is 6. The molecule has 174 valence electrons. The van der Waals surface area contributed by atoms with Crippen molar-refractivity contribution in [2.24, 2.45) is 4.99 Å². The number of halogens is 1. The summed E-state index contributed by atoms with van der Waals surface area (Å²) in [5.74, 6) is 0.0814. The number of hydrogen-bond donors (Lipinski definition) is 0. The summed E-state index contributed by atoms with van der Waals surface area (Å²) in [6.07, 6.45) is 3.91. The number of allylic oxidation sites excluding steroid dienone is 1. The van der Waals surface area contributed by atoms with E-state index < -0.39 is 12.0 Å². The lowest BCUT2D eigenvalue weighted by Crippen LogP contribution is -2.40. The summed E-state index contributed by atoms with van der Waals surface area (Å²) >= 11 is 7.47. The van der Waals surface area contributed by atoms with Crippen molar-refractivity contribution < 1.29 is 14.3 Å². The Morgan fingerprint density at radius 1 is 1.26 bits per heavy atom. The maximum Gasteiger partial charge on any atom is 0.338 e. The molecule has 0 unspecified atom stereocenters. The fourth-order valence-electron chi connectivity index (χ4n) is 3.87. The van der Waals surface area contributed by atoms with Crippen LogP contribution in [-0.4, -0.2) is 24.3 Å². The van der Waals surface area contributed by atoms with Crippen LogP contribution in [0.3, 0.4) is 0 Å². The van der Waals surface area contributed by atoms with Gasteiger partial charge < -0.3 is 9.47 Å². The second-order valence-corrected chi connectivity index (χ2v) is 8.93. The van der Waals surface area contributed by atoms with Gasteiger partial charge in [-0.3, -0.25) is 9.36 Å². The molecule has 34 heavy (non-hydrogen) atoms. The van der Waals surface area contributed by atoms with Crippen LogP contribution in [0.15, 0.2) is 82.2 Å². The van der Waals surface area contributed by atoms with Gasteiger partial charge in [0.2, 0.25) is 0 Å². The van der Waals surface area contributed by atoms with Crippen molar-refractivity contribution in [1.29, 1.82) is 0 Å². The molecule has 3 aromatic rings. The molecule has 0 N–H and O–H groups in total. The Bertz CT molecular complexity index is 1450. The molecule has 0 spiro atoms. The molecule has 0 amide bonds. The SMILES string of the molecule is C=CCOc1ccc(Cl)cc1/C=c1/sc2n(c1=O)[C@@H](c1ccccc1)C(C(=O)OC)=C(CC)N=2. The minimum absolute atomic E-state index is 0.260. The molecular formula is C26H23ClN2O4S. The maximum absolute atomic E-state index is 13.7. The number of carbonyl (C=O) groups excluding carboxylic acids is 1. The number of carbonyl (C=O) groups is 1. The number of methoxy groups -OCH3 is 1. The second-order valence-electron chi connectivity index (χ2n) is 7.48. The minimum Gasteiger partial charge on any atom is -0.489 e. The normalized spacial score (nSPS) is 15.5. The first-order chi connectivity index (χ1) is 16.5. The molecule has 4 rings (SSSR count). The second kappa shape index (κ2) is 10.2. The van der Waals surface area contributed by atoms with E-state index in [2.05, 4.69) is 11.6 Å². The Kier molecular flexibility index (Phi) is 7.14. The summed E-state index contributed by atoms with van der Waals surface area (Å²) in [5, 5.41) is 0.522. The fourth-order valence-corrected chi connectivity index (χ4v) is 5.06. The van der Waals surface area contributed by atoms with Crippen molar-refractivity contribution >= 4 is 35.0 Å². The highest BCUT2D eigenvalue weighted by Crippen LogP contribution is 2.31. The molecule has 0 fully saturated rings. The lowest BCUT2D eigenvalue weighted by molar-refractivity contribution is -0.136. The van der Waals surface area contributed by atoms with E-state index in [0.29, 0.717) is 50.0 Å². The maximum atomic E-state index is 13.7. The predicted molar refractivity (Wildman–Crippen MR) is 134 cm³/mol. The lowest BCUT2D eigenvalue weighted by atomic mass is 9.95. The Hall–Kier alpha value is -3.42. The van der Waals surface area contributed by atoms with Gasteiger partial charge in [0.05, 0.1) is 29.0 Å². The number of ether oxygens (including phenoxy) is 2. The van der Waals surface area contributed by atoms with Crippen LogP contribution in [0.1, 0.15) is 30.5 Å². The first-order valence-electron chi connectivity index (χ1n) is 10.7. The third-order valence-corrected chi connectivity index (χ3v) is 6.60. The molecule has 0 bridgehead atoms. The number of rotatable bonds is 7. The van der Waals surface area contributed by atoms with Gasteiger partial charge in [-0.15, -0.1) is 0 Å². The van der Waals surface area contributed by atoms with Crippen LogP contribution in [0, 0.1) is 0 Å². The first kappa shape index (κ1) is 23.7. The topological polar surface area (TPSA) is 69.9 Å². The summed E-state index contributed by atoms with van der Waals surface area (Å²) in [4.78, 5) is 31.7. The molecule has 0 saturated heterocycles. The third-order valence-electron chi connectivity index (χ3n) is 5.38. The monoisotopic (exact) mass is 494 g/mol. The Balaban J connectivity index is 1.97. The van der Waals surface area contributed by atoms with Gasteiger partial charge in [0.25, 0.3) is 5.56 Å². The van der Waals surface area contributed by atoms with Crippen LogP contribution < -0.4 is 19.6 Å². The van der Waals surface area contributed by atoms with Gasteiger partial charge in [0.1, 0.15) is 12.4 Å². The van der Waals surface area contributed by atoms with Crippen molar-refractivity contribution in [3.05, 3.63) is 108 Å². The van der Waals surface area contributed by atoms with E-state index in [4.69, 9.17) is 21.1 Å². The standard InChI is InChI=1S/C26H23ClN2O4S/c1-4-13-33-20-12-11-18(27)14-17(20)15-21-24(30)29-23(16-9-7-6-8-10-16)22(25(31)32-3)19(5-2)28-26(29)34-21/h4,6-12,14-15,23H,1,5,13H2,2-3H3/b21-15+/t23-/m0/s1. The molecule has 1 aromatic heterocycles. The van der Waals surface area contributed by atoms with E-state index in [1.54, 1.807) is 34.9 Å². The summed E-state index contributed by atoms with van der Waals surface area (Å²) in [7, 11) is 1.33. The number of thiazole rings is 1. The van der Waals surface area contributed by atoms with E-state index in [9.17, 15) is 9.59 Å². The lowest BCUT2D eigenvalue weighted by Gasteiger charge is -2.25. The predicted octanol–water partition coefficient (Wildman–Crippen LogP) is 4.02. The van der Waals surface area contributed by atoms with Gasteiger partial charge in [-0.2, -0.15) is 0 Å². The summed E-state index contributed by atoms with van der Waals surface area (Å²) in [6, 6.07) is 14.0. The minimum atomic E-state index is -0.641. The zero-order chi connectivity index (χ0) is 24.2. The zero-order valence-electron chi connectivity index (χ0n) is 18.8. The van der Waals surface area contributed by atoms with Gasteiger partial charge >= 0.3 is 5.97 Å². The van der Waals surface area contributed by atoms with Crippen LogP contribution in [0.2, 0.25) is 5.02 Å². The van der Waals surface area contributed by atoms with Gasteiger partial charge in [-0.25, -0.2) is 9.79 Å². The average Bonchev–Trinajstić information content (AvgIpc) is 3.17. The van der Waals surface area contributed by atoms with Crippen molar-refractivity contribution in [2.75, 3.05) is 13.7 Å². The van der Waals surface area contributed by atoms with Crippen LogP contribution in [-0.2, 0) is 9.53 Å². The molecule has 2 aromatic carbocycles. The van der Waals surface area contributed by atoms with Crippen LogP contribution in [0.25, 0.3) is 6.08 Å². The van der Waals surface area contributed by atoms with Crippen molar-refractivity contribution in [3.8, 4) is 5.75 Å². The summed E-state index contributed by atoms with van der Waals surface area (Å²) in [5.41, 5.74) is 2.18. The Morgan fingerprint density at radius 3 is 2.71 bits per heavy atom. The first-order valence-corrected chi connectivity index (χ1v) is 11.9. The van der Waals surface area contributed by atoms with Crippen LogP contribution in [0.5, 0.6) is 5.75 Å². The van der Waals surface area contributed by atoms with Gasteiger partial charge in [0, 0.05) is 10.6 Å². The van der Waals surface area contributed by atoms with E-state index in [1.807, 2.05) is 37.3 Å². The van der Waals surface area contributed by atoms with Gasteiger partial charge in [-0.05, 0) is 36.3 Å². The summed E-state index contributed by atoms with van der Waals surface area (Å²) in [6.45, 7) is 5.92. The largest absolute Gasteiger partial charge is 0.489 e. The number of esters is 1. The molecule has 0 radical (unpaired) electrons. The van der Waals surface area contributed by atoms with Crippen molar-refractivity contribution in [3.63, 3.8) is 0 Å². The molecule has 6 nitrogen and oxygen atoms in total. The molecule has 8 heteroatoms. The van der Waals surface area contributed by atoms with Crippen LogP contribution >= 0.6 is 22.9 Å². The molecule has 2 heterocycles. The molecule has 1 atom stereocenters. The quantitative estimate of drug-likeness (QED) is 0.367. The Labute approximate surface area is 205 Å². The van der Waals surface area contributed by atoms with E-state index in [-0.39, 0.29) is 5.56 Å². The highest BCUT2D eigenvalue weighted by Gasteiger charge is 2.33. The molecule has 1 aliphatic rings.